The molecule has 3 aromatic rings. The molecule has 0 fully saturated rings. The van der Waals surface area contributed by atoms with E-state index < -0.39 is 4.92 Å². The molecule has 128 valence electrons. The van der Waals surface area contributed by atoms with Gasteiger partial charge in [0.05, 0.1) is 16.6 Å². The van der Waals surface area contributed by atoms with E-state index in [0.29, 0.717) is 22.1 Å². The van der Waals surface area contributed by atoms with E-state index >= 15 is 0 Å². The normalized spacial score (nSPS) is 11.2. The second-order valence-electron chi connectivity index (χ2n) is 5.64. The summed E-state index contributed by atoms with van der Waals surface area (Å²) in [4.78, 5) is 10.4. The second-order valence-corrected chi connectivity index (χ2v) is 6.07. The number of halogens is 1. The van der Waals surface area contributed by atoms with Crippen LogP contribution in [0.15, 0.2) is 59.0 Å². The van der Waals surface area contributed by atoms with Crippen LogP contribution in [-0.2, 0) is 0 Å². The van der Waals surface area contributed by atoms with Gasteiger partial charge in [-0.1, -0.05) is 23.7 Å². The lowest BCUT2D eigenvalue weighted by Gasteiger charge is -2.02. The number of furan rings is 1. The minimum absolute atomic E-state index is 0.0347. The molecule has 0 aliphatic carbocycles. The highest BCUT2D eigenvalue weighted by Crippen LogP contribution is 2.30. The van der Waals surface area contributed by atoms with E-state index in [4.69, 9.17) is 16.0 Å². The first-order valence-corrected chi connectivity index (χ1v) is 8.08. The van der Waals surface area contributed by atoms with E-state index in [1.165, 1.54) is 12.1 Å². The molecule has 1 aromatic heterocycles. The zero-order valence-corrected chi connectivity index (χ0v) is 14.5. The summed E-state index contributed by atoms with van der Waals surface area (Å²) in [5, 5.41) is 20.9. The van der Waals surface area contributed by atoms with Gasteiger partial charge in [-0.2, -0.15) is 5.26 Å². The zero-order chi connectivity index (χ0) is 18.7. The number of hydrogen-bond acceptors (Lipinski definition) is 4. The van der Waals surface area contributed by atoms with Crippen molar-refractivity contribution in [1.82, 2.24) is 0 Å². The highest BCUT2D eigenvalue weighted by molar-refractivity contribution is 6.30. The van der Waals surface area contributed by atoms with Crippen molar-refractivity contribution in [3.63, 3.8) is 0 Å². The molecule has 0 N–H and O–H groups in total. The summed E-state index contributed by atoms with van der Waals surface area (Å²) in [6.07, 6.45) is 1.65. The molecule has 0 amide bonds. The number of benzene rings is 2. The van der Waals surface area contributed by atoms with Gasteiger partial charge in [-0.05, 0) is 54.5 Å². The number of allylic oxidation sites excluding steroid dienone is 1. The largest absolute Gasteiger partial charge is 0.457 e. The zero-order valence-electron chi connectivity index (χ0n) is 13.8. The third kappa shape index (κ3) is 3.66. The monoisotopic (exact) mass is 364 g/mol. The molecular formula is C20H13ClN2O3. The minimum atomic E-state index is -0.432. The Morgan fingerprint density at radius 1 is 1.19 bits per heavy atom. The number of non-ortho nitro benzene ring substituents is 1. The molecule has 5 nitrogen and oxygen atoms in total. The number of nitro benzene ring substituents is 1. The highest BCUT2D eigenvalue weighted by atomic mass is 35.5. The van der Waals surface area contributed by atoms with E-state index in [-0.39, 0.29) is 5.69 Å². The van der Waals surface area contributed by atoms with Gasteiger partial charge in [-0.3, -0.25) is 10.1 Å². The topological polar surface area (TPSA) is 80.1 Å². The molecule has 0 aliphatic rings. The standard InChI is InChI=1S/C20H13ClN2O3/c1-13-10-17(23(24)25)6-8-19(13)20-9-7-18(26-20)11-15(12-22)14-2-4-16(21)5-3-14/h2-11H,1H3/b15-11+. The highest BCUT2D eigenvalue weighted by Gasteiger charge is 2.12. The lowest BCUT2D eigenvalue weighted by Crippen LogP contribution is -1.89. The van der Waals surface area contributed by atoms with Gasteiger partial charge in [0.25, 0.3) is 5.69 Å². The molecule has 0 aliphatic heterocycles. The van der Waals surface area contributed by atoms with E-state index in [0.717, 1.165) is 16.7 Å². The predicted molar refractivity (Wildman–Crippen MR) is 100 cm³/mol. The van der Waals surface area contributed by atoms with Crippen molar-refractivity contribution < 1.29 is 9.34 Å². The van der Waals surface area contributed by atoms with Gasteiger partial charge in [0.15, 0.2) is 0 Å². The summed E-state index contributed by atoms with van der Waals surface area (Å²) in [5.74, 6) is 1.10. The Kier molecular flexibility index (Phi) is 4.87. The Morgan fingerprint density at radius 2 is 1.92 bits per heavy atom. The molecule has 6 heteroatoms. The summed E-state index contributed by atoms with van der Waals surface area (Å²) in [6, 6.07) is 17.2. The number of aryl methyl sites for hydroxylation is 1. The molecule has 0 saturated carbocycles. The van der Waals surface area contributed by atoms with E-state index in [9.17, 15) is 15.4 Å². The summed E-state index contributed by atoms with van der Waals surface area (Å²) in [5.41, 5.74) is 2.72. The van der Waals surface area contributed by atoms with Crippen LogP contribution in [0.1, 0.15) is 16.9 Å². The quantitative estimate of drug-likeness (QED) is 0.329. The van der Waals surface area contributed by atoms with Crippen molar-refractivity contribution in [1.29, 1.82) is 5.26 Å². The van der Waals surface area contributed by atoms with Crippen LogP contribution in [0.2, 0.25) is 5.02 Å². The fraction of sp³-hybridized carbons (Fsp3) is 0.0500. The van der Waals surface area contributed by atoms with Gasteiger partial charge < -0.3 is 4.42 Å². The maximum Gasteiger partial charge on any atom is 0.269 e. The van der Waals surface area contributed by atoms with Crippen molar-refractivity contribution in [2.24, 2.45) is 0 Å². The Balaban J connectivity index is 1.93. The van der Waals surface area contributed by atoms with Crippen LogP contribution < -0.4 is 0 Å². The van der Waals surface area contributed by atoms with Crippen molar-refractivity contribution in [2.45, 2.75) is 6.92 Å². The van der Waals surface area contributed by atoms with Gasteiger partial charge in [0, 0.05) is 22.7 Å². The van der Waals surface area contributed by atoms with Gasteiger partial charge in [0.1, 0.15) is 11.5 Å². The summed E-state index contributed by atoms with van der Waals surface area (Å²) in [6.45, 7) is 1.79. The fourth-order valence-corrected chi connectivity index (χ4v) is 2.69. The van der Waals surface area contributed by atoms with E-state index in [2.05, 4.69) is 6.07 Å². The summed E-state index contributed by atoms with van der Waals surface area (Å²) >= 11 is 5.87. The van der Waals surface area contributed by atoms with E-state index in [1.807, 2.05) is 0 Å². The second kappa shape index (κ2) is 7.26. The van der Waals surface area contributed by atoms with Crippen molar-refractivity contribution in [2.75, 3.05) is 0 Å². The average molecular weight is 365 g/mol. The maximum atomic E-state index is 10.9. The molecule has 2 aromatic carbocycles. The van der Waals surface area contributed by atoms with Gasteiger partial charge >= 0.3 is 0 Å². The molecule has 3 rings (SSSR count). The molecular weight excluding hydrogens is 352 g/mol. The first-order valence-electron chi connectivity index (χ1n) is 7.71. The van der Waals surface area contributed by atoms with Crippen LogP contribution in [0.5, 0.6) is 0 Å². The van der Waals surface area contributed by atoms with Gasteiger partial charge in [0.2, 0.25) is 0 Å². The molecule has 0 saturated heterocycles. The minimum Gasteiger partial charge on any atom is -0.457 e. The lowest BCUT2D eigenvalue weighted by molar-refractivity contribution is -0.384. The number of nitriles is 1. The molecule has 0 spiro atoms. The fourth-order valence-electron chi connectivity index (χ4n) is 2.56. The van der Waals surface area contributed by atoms with Crippen LogP contribution >= 0.6 is 11.6 Å². The van der Waals surface area contributed by atoms with Crippen LogP contribution in [0.3, 0.4) is 0 Å². The predicted octanol–water partition coefficient (Wildman–Crippen LogP) is 5.88. The van der Waals surface area contributed by atoms with Crippen LogP contribution in [0.25, 0.3) is 23.0 Å². The SMILES string of the molecule is Cc1cc([N+](=O)[O-])ccc1-c1ccc(/C=C(\C#N)c2ccc(Cl)cc2)o1. The molecule has 1 heterocycles. The average Bonchev–Trinajstić information content (AvgIpc) is 3.08. The smallest absolute Gasteiger partial charge is 0.269 e. The number of nitrogens with zero attached hydrogens (tertiary/aromatic N) is 2. The Bertz CT molecular complexity index is 1040. The lowest BCUT2D eigenvalue weighted by atomic mass is 10.1. The molecule has 0 radical (unpaired) electrons. The Hall–Kier alpha value is -3.36. The van der Waals surface area contributed by atoms with Crippen LogP contribution in [0, 0.1) is 28.4 Å². The third-order valence-corrected chi connectivity index (χ3v) is 4.13. The number of rotatable bonds is 4. The number of nitro groups is 1. The van der Waals surface area contributed by atoms with Crippen LogP contribution in [-0.4, -0.2) is 4.92 Å². The molecule has 0 atom stereocenters. The van der Waals surface area contributed by atoms with Crippen molar-refractivity contribution in [3.8, 4) is 17.4 Å². The van der Waals surface area contributed by atoms with Crippen molar-refractivity contribution in [3.05, 3.63) is 86.6 Å². The number of hydrogen-bond donors (Lipinski definition) is 0. The van der Waals surface area contributed by atoms with Gasteiger partial charge in [-0.25, -0.2) is 0 Å². The molecule has 26 heavy (non-hydrogen) atoms. The molecule has 0 bridgehead atoms. The van der Waals surface area contributed by atoms with E-state index in [1.54, 1.807) is 55.5 Å². The molecule has 0 unspecified atom stereocenters. The van der Waals surface area contributed by atoms with Crippen LogP contribution in [0.4, 0.5) is 5.69 Å². The maximum absolute atomic E-state index is 10.9. The van der Waals surface area contributed by atoms with Gasteiger partial charge in [-0.15, -0.1) is 0 Å². The first-order chi connectivity index (χ1) is 12.5. The van der Waals surface area contributed by atoms with Crippen molar-refractivity contribution >= 4 is 28.9 Å². The summed E-state index contributed by atoms with van der Waals surface area (Å²) in [7, 11) is 0. The summed E-state index contributed by atoms with van der Waals surface area (Å²) < 4.78 is 5.80. The Labute approximate surface area is 154 Å². The first kappa shape index (κ1) is 17.5. The third-order valence-electron chi connectivity index (χ3n) is 3.88. The Morgan fingerprint density at radius 3 is 2.54 bits per heavy atom.